The Bertz CT molecular complexity index is 1300. The standard InChI is InChI=1S/C24H24N6O2/c1-2-17-8-10-18(11-9-17)23(32)28-12-14-29(15-13-28)24-26-21-20(22(31)27-24)16-25-30(21)19-6-4-3-5-7-19/h3-11,16H,2,12-15H2,1H3,(H,26,27,31). The Morgan fingerprint density at radius 3 is 2.41 bits per heavy atom. The summed E-state index contributed by atoms with van der Waals surface area (Å²) in [7, 11) is 0. The molecule has 8 nitrogen and oxygen atoms in total. The minimum absolute atomic E-state index is 0.0337. The van der Waals surface area contributed by atoms with E-state index in [-0.39, 0.29) is 11.5 Å². The summed E-state index contributed by atoms with van der Waals surface area (Å²) < 4.78 is 1.67. The number of fused-ring (bicyclic) bond motifs is 1. The molecule has 1 fully saturated rings. The largest absolute Gasteiger partial charge is 0.339 e. The van der Waals surface area contributed by atoms with E-state index in [2.05, 4.69) is 17.0 Å². The average molecular weight is 428 g/mol. The zero-order valence-corrected chi connectivity index (χ0v) is 17.9. The molecule has 1 amide bonds. The van der Waals surface area contributed by atoms with E-state index in [1.165, 1.54) is 5.56 Å². The van der Waals surface area contributed by atoms with E-state index in [4.69, 9.17) is 4.98 Å². The Kier molecular flexibility index (Phi) is 5.18. The second-order valence-corrected chi connectivity index (χ2v) is 7.85. The fraction of sp³-hybridized carbons (Fsp3) is 0.250. The second-order valence-electron chi connectivity index (χ2n) is 7.85. The normalized spacial score (nSPS) is 14.2. The molecule has 0 bridgehead atoms. The molecule has 1 aliphatic heterocycles. The van der Waals surface area contributed by atoms with Crippen molar-refractivity contribution in [3.63, 3.8) is 0 Å². The average Bonchev–Trinajstić information content (AvgIpc) is 3.29. The van der Waals surface area contributed by atoms with Gasteiger partial charge in [0.05, 0.1) is 11.9 Å². The minimum Gasteiger partial charge on any atom is -0.339 e. The molecule has 2 aromatic heterocycles. The van der Waals surface area contributed by atoms with Crippen LogP contribution in [-0.4, -0.2) is 56.7 Å². The number of nitrogens with zero attached hydrogens (tertiary/aromatic N) is 5. The van der Waals surface area contributed by atoms with Gasteiger partial charge in [-0.15, -0.1) is 0 Å². The highest BCUT2D eigenvalue weighted by Crippen LogP contribution is 2.18. The third-order valence-electron chi connectivity index (χ3n) is 5.90. The van der Waals surface area contributed by atoms with Crippen LogP contribution in [0.25, 0.3) is 16.7 Å². The highest BCUT2D eigenvalue weighted by molar-refractivity contribution is 5.94. The van der Waals surface area contributed by atoms with Gasteiger partial charge in [-0.1, -0.05) is 37.3 Å². The zero-order chi connectivity index (χ0) is 22.1. The van der Waals surface area contributed by atoms with Crippen molar-refractivity contribution in [3.05, 3.63) is 82.3 Å². The van der Waals surface area contributed by atoms with Gasteiger partial charge in [-0.25, -0.2) is 4.68 Å². The van der Waals surface area contributed by atoms with Crippen LogP contribution in [-0.2, 0) is 6.42 Å². The van der Waals surface area contributed by atoms with Crippen LogP contribution in [0.1, 0.15) is 22.8 Å². The summed E-state index contributed by atoms with van der Waals surface area (Å²) in [4.78, 5) is 37.0. The Morgan fingerprint density at radius 1 is 1.00 bits per heavy atom. The lowest BCUT2D eigenvalue weighted by molar-refractivity contribution is 0.0746. The van der Waals surface area contributed by atoms with E-state index < -0.39 is 0 Å². The molecule has 2 aromatic carbocycles. The molecule has 32 heavy (non-hydrogen) atoms. The molecule has 3 heterocycles. The number of aromatic amines is 1. The van der Waals surface area contributed by atoms with E-state index in [0.717, 1.165) is 12.1 Å². The highest BCUT2D eigenvalue weighted by atomic mass is 16.2. The summed E-state index contributed by atoms with van der Waals surface area (Å²) in [6.45, 7) is 4.40. The van der Waals surface area contributed by atoms with E-state index in [9.17, 15) is 9.59 Å². The predicted molar refractivity (Wildman–Crippen MR) is 123 cm³/mol. The van der Waals surface area contributed by atoms with Crippen LogP contribution in [0.3, 0.4) is 0 Å². The maximum Gasteiger partial charge on any atom is 0.263 e. The van der Waals surface area contributed by atoms with Crippen molar-refractivity contribution < 1.29 is 4.79 Å². The Hall–Kier alpha value is -3.94. The fourth-order valence-electron chi connectivity index (χ4n) is 4.00. The molecule has 1 aliphatic rings. The molecule has 8 heteroatoms. The number of hydrogen-bond acceptors (Lipinski definition) is 5. The van der Waals surface area contributed by atoms with Crippen molar-refractivity contribution in [1.82, 2.24) is 24.6 Å². The molecule has 0 saturated carbocycles. The fourth-order valence-corrected chi connectivity index (χ4v) is 4.00. The van der Waals surface area contributed by atoms with E-state index in [0.29, 0.717) is 48.7 Å². The van der Waals surface area contributed by atoms with Crippen LogP contribution in [0, 0.1) is 0 Å². The van der Waals surface area contributed by atoms with Gasteiger partial charge in [-0.2, -0.15) is 10.1 Å². The van der Waals surface area contributed by atoms with E-state index >= 15 is 0 Å². The number of piperazine rings is 1. The van der Waals surface area contributed by atoms with Crippen LogP contribution in [0.15, 0.2) is 65.6 Å². The summed E-state index contributed by atoms with van der Waals surface area (Å²) in [6.07, 6.45) is 2.49. The molecular formula is C24H24N6O2. The lowest BCUT2D eigenvalue weighted by atomic mass is 10.1. The molecule has 0 atom stereocenters. The maximum atomic E-state index is 12.9. The molecule has 1 N–H and O–H groups in total. The highest BCUT2D eigenvalue weighted by Gasteiger charge is 2.24. The summed E-state index contributed by atoms with van der Waals surface area (Å²) in [6, 6.07) is 17.4. The molecule has 1 saturated heterocycles. The number of H-pyrrole nitrogens is 1. The Morgan fingerprint density at radius 2 is 1.72 bits per heavy atom. The van der Waals surface area contributed by atoms with Crippen molar-refractivity contribution in [1.29, 1.82) is 0 Å². The summed E-state index contributed by atoms with van der Waals surface area (Å²) in [5.41, 5.74) is 3.06. The van der Waals surface area contributed by atoms with Crippen molar-refractivity contribution in [3.8, 4) is 5.69 Å². The Balaban J connectivity index is 1.35. The molecule has 0 radical (unpaired) electrons. The molecule has 0 aliphatic carbocycles. The lowest BCUT2D eigenvalue weighted by Crippen LogP contribution is -2.49. The molecule has 0 spiro atoms. The number of carbonyl (C=O) groups excluding carboxylic acids is 1. The monoisotopic (exact) mass is 428 g/mol. The minimum atomic E-state index is -0.221. The number of aromatic nitrogens is 4. The summed E-state index contributed by atoms with van der Waals surface area (Å²) in [5, 5.41) is 4.80. The van der Waals surface area contributed by atoms with Crippen LogP contribution in [0.5, 0.6) is 0 Å². The number of aryl methyl sites for hydroxylation is 1. The van der Waals surface area contributed by atoms with Crippen LogP contribution < -0.4 is 10.5 Å². The van der Waals surface area contributed by atoms with Crippen molar-refractivity contribution in [2.45, 2.75) is 13.3 Å². The molecule has 4 aromatic rings. The van der Waals surface area contributed by atoms with Crippen molar-refractivity contribution in [2.24, 2.45) is 0 Å². The van der Waals surface area contributed by atoms with Gasteiger partial charge in [0.2, 0.25) is 5.95 Å². The third-order valence-corrected chi connectivity index (χ3v) is 5.90. The van der Waals surface area contributed by atoms with Gasteiger partial charge >= 0.3 is 0 Å². The summed E-state index contributed by atoms with van der Waals surface area (Å²) >= 11 is 0. The van der Waals surface area contributed by atoms with Gasteiger partial charge in [-0.3, -0.25) is 14.6 Å². The number of hydrogen-bond donors (Lipinski definition) is 1. The second kappa shape index (κ2) is 8.30. The number of anilines is 1. The summed E-state index contributed by atoms with van der Waals surface area (Å²) in [5.74, 6) is 0.533. The number of para-hydroxylation sites is 1. The molecule has 162 valence electrons. The smallest absolute Gasteiger partial charge is 0.263 e. The lowest BCUT2D eigenvalue weighted by Gasteiger charge is -2.35. The first-order valence-corrected chi connectivity index (χ1v) is 10.8. The number of benzene rings is 2. The first kappa shape index (κ1) is 20.0. The van der Waals surface area contributed by atoms with Crippen LogP contribution in [0.2, 0.25) is 0 Å². The van der Waals surface area contributed by atoms with Gasteiger partial charge in [0.25, 0.3) is 11.5 Å². The van der Waals surface area contributed by atoms with Gasteiger partial charge in [0.15, 0.2) is 5.65 Å². The zero-order valence-electron chi connectivity index (χ0n) is 17.9. The number of carbonyl (C=O) groups is 1. The number of rotatable bonds is 4. The van der Waals surface area contributed by atoms with Crippen LogP contribution >= 0.6 is 0 Å². The third kappa shape index (κ3) is 3.64. The quantitative estimate of drug-likeness (QED) is 0.540. The first-order chi connectivity index (χ1) is 15.6. The number of nitrogens with one attached hydrogen (secondary N) is 1. The van der Waals surface area contributed by atoms with Gasteiger partial charge in [0.1, 0.15) is 5.39 Å². The molecule has 0 unspecified atom stereocenters. The van der Waals surface area contributed by atoms with Gasteiger partial charge in [0, 0.05) is 31.7 Å². The van der Waals surface area contributed by atoms with Crippen molar-refractivity contribution in [2.75, 3.05) is 31.1 Å². The topological polar surface area (TPSA) is 87.1 Å². The van der Waals surface area contributed by atoms with Crippen LogP contribution in [0.4, 0.5) is 5.95 Å². The molecule has 5 rings (SSSR count). The van der Waals surface area contributed by atoms with E-state index in [1.807, 2.05) is 64.4 Å². The van der Waals surface area contributed by atoms with Gasteiger partial charge in [-0.05, 0) is 36.2 Å². The Labute approximate surface area is 185 Å². The van der Waals surface area contributed by atoms with Crippen molar-refractivity contribution >= 4 is 22.9 Å². The number of amides is 1. The first-order valence-electron chi connectivity index (χ1n) is 10.8. The SMILES string of the molecule is CCc1ccc(C(=O)N2CCN(c3nc4c(cnn4-c4ccccc4)c(=O)[nH]3)CC2)cc1. The molecular weight excluding hydrogens is 404 g/mol. The predicted octanol–water partition coefficient (Wildman–Crippen LogP) is 2.63. The van der Waals surface area contributed by atoms with E-state index in [1.54, 1.807) is 10.9 Å². The maximum absolute atomic E-state index is 12.9. The van der Waals surface area contributed by atoms with Gasteiger partial charge < -0.3 is 9.80 Å².